The summed E-state index contributed by atoms with van der Waals surface area (Å²) in [4.78, 5) is 2.37. The van der Waals surface area contributed by atoms with Crippen LogP contribution >= 0.6 is 0 Å². The highest BCUT2D eigenvalue weighted by Crippen LogP contribution is 2.30. The monoisotopic (exact) mass is 334 g/mol. The van der Waals surface area contributed by atoms with Crippen LogP contribution in [0.4, 0.5) is 0 Å². The molecule has 128 valence electrons. The van der Waals surface area contributed by atoms with Gasteiger partial charge in [-0.25, -0.2) is 0 Å². The van der Waals surface area contributed by atoms with Gasteiger partial charge in [-0.3, -0.25) is 4.90 Å². The summed E-state index contributed by atoms with van der Waals surface area (Å²) in [5, 5.41) is 0. The zero-order chi connectivity index (χ0) is 17.1. The second kappa shape index (κ2) is 7.13. The smallest absolute Gasteiger partial charge is 0.142 e. The van der Waals surface area contributed by atoms with E-state index in [4.69, 9.17) is 9.47 Å². The van der Waals surface area contributed by atoms with Crippen molar-refractivity contribution in [3.63, 3.8) is 0 Å². The van der Waals surface area contributed by atoms with E-state index >= 15 is 0 Å². The summed E-state index contributed by atoms with van der Waals surface area (Å²) in [7, 11) is 1.70. The number of aromatic nitrogens is 1. The van der Waals surface area contributed by atoms with Gasteiger partial charge in [-0.2, -0.15) is 0 Å². The number of methoxy groups -OCH3 is 1. The van der Waals surface area contributed by atoms with Gasteiger partial charge < -0.3 is 14.0 Å². The van der Waals surface area contributed by atoms with E-state index < -0.39 is 0 Å². The zero-order valence-corrected chi connectivity index (χ0v) is 14.3. The van der Waals surface area contributed by atoms with Gasteiger partial charge in [0.05, 0.1) is 19.4 Å². The van der Waals surface area contributed by atoms with Crippen LogP contribution in [0.2, 0.25) is 0 Å². The van der Waals surface area contributed by atoms with Crippen molar-refractivity contribution in [1.29, 1.82) is 0 Å². The Morgan fingerprint density at radius 3 is 2.68 bits per heavy atom. The molecule has 1 aliphatic heterocycles. The largest absolute Gasteiger partial charge is 0.495 e. The maximum atomic E-state index is 6.01. The molecule has 0 N–H and O–H groups in total. The predicted octanol–water partition coefficient (Wildman–Crippen LogP) is 4.02. The second-order valence-corrected chi connectivity index (χ2v) is 6.20. The molecule has 25 heavy (non-hydrogen) atoms. The predicted molar refractivity (Wildman–Crippen MR) is 97.9 cm³/mol. The summed E-state index contributed by atoms with van der Waals surface area (Å²) in [5.74, 6) is 0.859. The number of ether oxygens (including phenoxy) is 2. The SMILES string of the molecule is COc1ccccc1-n1ccc(C2OCCN2Cc2ccccc2)c1. The molecule has 4 rings (SSSR count). The van der Waals surface area contributed by atoms with E-state index in [0.29, 0.717) is 0 Å². The molecule has 0 radical (unpaired) electrons. The van der Waals surface area contributed by atoms with E-state index in [-0.39, 0.29) is 6.23 Å². The summed E-state index contributed by atoms with van der Waals surface area (Å²) >= 11 is 0. The fraction of sp³-hybridized carbons (Fsp3) is 0.238. The van der Waals surface area contributed by atoms with Crippen LogP contribution in [0.1, 0.15) is 17.4 Å². The summed E-state index contributed by atoms with van der Waals surface area (Å²) in [6, 6.07) is 20.7. The number of benzene rings is 2. The summed E-state index contributed by atoms with van der Waals surface area (Å²) < 4.78 is 13.6. The average molecular weight is 334 g/mol. The van der Waals surface area contributed by atoms with Crippen LogP contribution in [-0.4, -0.2) is 29.7 Å². The van der Waals surface area contributed by atoms with Crippen molar-refractivity contribution in [2.24, 2.45) is 0 Å². The molecule has 4 heteroatoms. The molecule has 1 aliphatic rings. The fourth-order valence-corrected chi connectivity index (χ4v) is 3.34. The number of hydrogen-bond donors (Lipinski definition) is 0. The molecule has 0 saturated carbocycles. The van der Waals surface area contributed by atoms with Gasteiger partial charge in [0.1, 0.15) is 12.0 Å². The van der Waals surface area contributed by atoms with E-state index in [1.54, 1.807) is 7.11 Å². The first-order valence-corrected chi connectivity index (χ1v) is 8.56. The first-order chi connectivity index (χ1) is 12.3. The lowest BCUT2D eigenvalue weighted by atomic mass is 10.2. The van der Waals surface area contributed by atoms with E-state index in [9.17, 15) is 0 Å². The highest BCUT2D eigenvalue weighted by Gasteiger charge is 2.27. The third-order valence-electron chi connectivity index (χ3n) is 4.58. The summed E-state index contributed by atoms with van der Waals surface area (Å²) in [6.45, 7) is 2.60. The summed E-state index contributed by atoms with van der Waals surface area (Å²) in [5.41, 5.74) is 3.50. The van der Waals surface area contributed by atoms with Gasteiger partial charge in [0.25, 0.3) is 0 Å². The number of para-hydroxylation sites is 2. The molecule has 0 spiro atoms. The van der Waals surface area contributed by atoms with Crippen LogP contribution in [0.5, 0.6) is 5.75 Å². The zero-order valence-electron chi connectivity index (χ0n) is 14.3. The molecule has 1 aromatic heterocycles. The molecule has 3 aromatic rings. The highest BCUT2D eigenvalue weighted by atomic mass is 16.5. The second-order valence-electron chi connectivity index (χ2n) is 6.20. The molecule has 0 amide bonds. The molecule has 1 saturated heterocycles. The first-order valence-electron chi connectivity index (χ1n) is 8.56. The fourth-order valence-electron chi connectivity index (χ4n) is 3.34. The van der Waals surface area contributed by atoms with Crippen molar-refractivity contribution < 1.29 is 9.47 Å². The van der Waals surface area contributed by atoms with Gasteiger partial charge in [-0.1, -0.05) is 42.5 Å². The Morgan fingerprint density at radius 2 is 1.84 bits per heavy atom. The van der Waals surface area contributed by atoms with Crippen molar-refractivity contribution in [2.45, 2.75) is 12.8 Å². The third-order valence-corrected chi connectivity index (χ3v) is 4.58. The van der Waals surface area contributed by atoms with Crippen molar-refractivity contribution >= 4 is 0 Å². The van der Waals surface area contributed by atoms with Gasteiger partial charge in [-0.15, -0.1) is 0 Å². The number of nitrogens with zero attached hydrogens (tertiary/aromatic N) is 2. The van der Waals surface area contributed by atoms with Gasteiger partial charge in [0.15, 0.2) is 0 Å². The Morgan fingerprint density at radius 1 is 1.04 bits per heavy atom. The van der Waals surface area contributed by atoms with Gasteiger partial charge in [-0.05, 0) is 23.8 Å². The third kappa shape index (κ3) is 3.31. The van der Waals surface area contributed by atoms with Crippen molar-refractivity contribution in [2.75, 3.05) is 20.3 Å². The van der Waals surface area contributed by atoms with E-state index in [2.05, 4.69) is 64.3 Å². The van der Waals surface area contributed by atoms with Crippen LogP contribution in [-0.2, 0) is 11.3 Å². The molecule has 1 fully saturated rings. The van der Waals surface area contributed by atoms with Crippen LogP contribution in [0.3, 0.4) is 0 Å². The number of rotatable bonds is 5. The van der Waals surface area contributed by atoms with Crippen LogP contribution < -0.4 is 4.74 Å². The van der Waals surface area contributed by atoms with Crippen molar-refractivity contribution in [3.05, 3.63) is 84.2 Å². The molecule has 0 bridgehead atoms. The number of hydrogen-bond acceptors (Lipinski definition) is 3. The Hall–Kier alpha value is -2.56. The van der Waals surface area contributed by atoms with Crippen LogP contribution in [0.15, 0.2) is 73.1 Å². The lowest BCUT2D eigenvalue weighted by Gasteiger charge is -2.22. The molecular formula is C21H22N2O2. The van der Waals surface area contributed by atoms with Crippen LogP contribution in [0.25, 0.3) is 5.69 Å². The normalized spacial score (nSPS) is 17.7. The first kappa shape index (κ1) is 15.9. The summed E-state index contributed by atoms with van der Waals surface area (Å²) in [6.07, 6.45) is 4.19. The molecule has 4 nitrogen and oxygen atoms in total. The van der Waals surface area contributed by atoms with E-state index in [1.807, 2.05) is 18.2 Å². The Kier molecular flexibility index (Phi) is 4.55. The average Bonchev–Trinajstić information content (AvgIpc) is 3.31. The molecule has 1 atom stereocenters. The van der Waals surface area contributed by atoms with Crippen LogP contribution in [0, 0.1) is 0 Å². The minimum Gasteiger partial charge on any atom is -0.495 e. The standard InChI is InChI=1S/C21H22N2O2/c1-24-20-10-6-5-9-19(20)22-12-11-18(16-22)21-23(13-14-25-21)15-17-7-3-2-4-8-17/h2-12,16,21H,13-15H2,1H3. The molecular weight excluding hydrogens is 312 g/mol. The molecule has 2 aromatic carbocycles. The lowest BCUT2D eigenvalue weighted by molar-refractivity contribution is 0.0288. The Labute approximate surface area is 148 Å². The van der Waals surface area contributed by atoms with E-state index in [0.717, 1.165) is 31.1 Å². The molecule has 2 heterocycles. The topological polar surface area (TPSA) is 26.6 Å². The maximum absolute atomic E-state index is 6.01. The quantitative estimate of drug-likeness (QED) is 0.705. The lowest BCUT2D eigenvalue weighted by Crippen LogP contribution is -2.23. The minimum atomic E-state index is -0.00355. The highest BCUT2D eigenvalue weighted by molar-refractivity contribution is 5.47. The minimum absolute atomic E-state index is 0.00355. The van der Waals surface area contributed by atoms with Crippen molar-refractivity contribution in [3.8, 4) is 11.4 Å². The van der Waals surface area contributed by atoms with Gasteiger partial charge in [0, 0.05) is 31.0 Å². The van der Waals surface area contributed by atoms with Gasteiger partial charge in [0.2, 0.25) is 0 Å². The molecule has 0 aliphatic carbocycles. The molecule has 1 unspecified atom stereocenters. The van der Waals surface area contributed by atoms with Crippen molar-refractivity contribution in [1.82, 2.24) is 9.47 Å². The Bertz CT molecular complexity index is 829. The maximum Gasteiger partial charge on any atom is 0.142 e. The van der Waals surface area contributed by atoms with Gasteiger partial charge >= 0.3 is 0 Å². The van der Waals surface area contributed by atoms with E-state index in [1.165, 1.54) is 11.1 Å². The Balaban J connectivity index is 1.56.